The molecule has 2 N–H and O–H groups in total. The molecule has 2 amide bonds. The third kappa shape index (κ3) is 5.16. The minimum Gasteiger partial charge on any atom is -0.317 e. The number of anilines is 1. The second kappa shape index (κ2) is 9.93. The molecule has 1 heterocycles. The van der Waals surface area contributed by atoms with Crippen molar-refractivity contribution in [1.82, 2.24) is 15.2 Å². The number of rotatable bonds is 5. The molecule has 8 heteroatoms. The number of aromatic nitrogens is 2. The van der Waals surface area contributed by atoms with E-state index in [1.54, 1.807) is 29.8 Å². The zero-order valence-electron chi connectivity index (χ0n) is 17.7. The Balaban J connectivity index is 1.52. The van der Waals surface area contributed by atoms with E-state index in [2.05, 4.69) is 20.9 Å². The lowest BCUT2D eigenvalue weighted by molar-refractivity contribution is -0.136. The van der Waals surface area contributed by atoms with Crippen LogP contribution in [-0.2, 0) is 9.59 Å². The van der Waals surface area contributed by atoms with Crippen molar-refractivity contribution in [2.75, 3.05) is 5.32 Å². The molecule has 7 nitrogen and oxygen atoms in total. The number of hydrogen-bond acceptors (Lipinski definition) is 4. The number of nitrogens with zero attached hydrogens (tertiary/aromatic N) is 3. The largest absolute Gasteiger partial charge is 0.329 e. The van der Waals surface area contributed by atoms with E-state index in [1.165, 1.54) is 6.21 Å². The molecule has 0 bridgehead atoms. The van der Waals surface area contributed by atoms with Gasteiger partial charge in [0, 0.05) is 28.0 Å². The SMILES string of the molecule is Cc1c(Cl)cccc1NC(=O)C(=O)N/N=C\c1cn(-c2ccccc2)nc1-c1ccccc1. The summed E-state index contributed by atoms with van der Waals surface area (Å²) in [6.07, 6.45) is 3.27. The normalized spacial score (nSPS) is 10.8. The van der Waals surface area contributed by atoms with Crippen molar-refractivity contribution in [1.29, 1.82) is 0 Å². The Hall–Kier alpha value is -4.23. The molecule has 0 spiro atoms. The van der Waals surface area contributed by atoms with Gasteiger partial charge in [0.1, 0.15) is 5.69 Å². The summed E-state index contributed by atoms with van der Waals surface area (Å²) in [5.74, 6) is -1.75. The molecule has 33 heavy (non-hydrogen) atoms. The number of carbonyl (C=O) groups is 2. The molecule has 0 saturated heterocycles. The molecule has 4 aromatic rings. The van der Waals surface area contributed by atoms with Crippen molar-refractivity contribution < 1.29 is 9.59 Å². The van der Waals surface area contributed by atoms with Gasteiger partial charge in [-0.1, -0.05) is 66.2 Å². The maximum Gasteiger partial charge on any atom is 0.329 e. The highest BCUT2D eigenvalue weighted by Gasteiger charge is 2.15. The number of hydrogen-bond donors (Lipinski definition) is 2. The fourth-order valence-electron chi connectivity index (χ4n) is 3.15. The fourth-order valence-corrected chi connectivity index (χ4v) is 3.32. The van der Waals surface area contributed by atoms with E-state index in [1.807, 2.05) is 66.9 Å². The first-order valence-corrected chi connectivity index (χ1v) is 10.5. The minimum atomic E-state index is -0.901. The van der Waals surface area contributed by atoms with Gasteiger partial charge in [0.25, 0.3) is 0 Å². The van der Waals surface area contributed by atoms with Gasteiger partial charge in [-0.15, -0.1) is 0 Å². The van der Waals surface area contributed by atoms with E-state index < -0.39 is 11.8 Å². The Morgan fingerprint density at radius 3 is 2.36 bits per heavy atom. The Morgan fingerprint density at radius 1 is 0.939 bits per heavy atom. The number of benzene rings is 3. The van der Waals surface area contributed by atoms with E-state index in [4.69, 9.17) is 11.6 Å². The Labute approximate surface area is 195 Å². The van der Waals surface area contributed by atoms with Crippen LogP contribution in [0.2, 0.25) is 5.02 Å². The predicted molar refractivity (Wildman–Crippen MR) is 130 cm³/mol. The van der Waals surface area contributed by atoms with Crippen LogP contribution >= 0.6 is 11.6 Å². The second-order valence-corrected chi connectivity index (χ2v) is 7.55. The third-order valence-electron chi connectivity index (χ3n) is 4.90. The van der Waals surface area contributed by atoms with Gasteiger partial charge in [0.2, 0.25) is 0 Å². The molecular weight excluding hydrogens is 438 g/mol. The highest BCUT2D eigenvalue weighted by atomic mass is 35.5. The summed E-state index contributed by atoms with van der Waals surface area (Å²) in [6.45, 7) is 1.75. The van der Waals surface area contributed by atoms with Crippen molar-refractivity contribution in [2.45, 2.75) is 6.92 Å². The second-order valence-electron chi connectivity index (χ2n) is 7.14. The molecule has 0 aliphatic rings. The van der Waals surface area contributed by atoms with E-state index in [9.17, 15) is 9.59 Å². The van der Waals surface area contributed by atoms with Gasteiger partial charge in [-0.05, 0) is 36.8 Å². The number of nitrogens with one attached hydrogen (secondary N) is 2. The average molecular weight is 458 g/mol. The minimum absolute atomic E-state index is 0.460. The van der Waals surface area contributed by atoms with Crippen LogP contribution in [0.1, 0.15) is 11.1 Å². The van der Waals surface area contributed by atoms with Crippen molar-refractivity contribution >= 4 is 35.3 Å². The maximum absolute atomic E-state index is 12.2. The molecule has 4 rings (SSSR count). The number of hydrazone groups is 1. The van der Waals surface area contributed by atoms with E-state index in [-0.39, 0.29) is 0 Å². The fraction of sp³-hybridized carbons (Fsp3) is 0.0400. The smallest absolute Gasteiger partial charge is 0.317 e. The van der Waals surface area contributed by atoms with Crippen LogP contribution in [0.15, 0.2) is 90.2 Å². The van der Waals surface area contributed by atoms with Crippen molar-refractivity contribution in [2.24, 2.45) is 5.10 Å². The maximum atomic E-state index is 12.2. The summed E-state index contributed by atoms with van der Waals surface area (Å²) in [6, 6.07) is 24.4. The average Bonchev–Trinajstić information content (AvgIpc) is 3.27. The highest BCUT2D eigenvalue weighted by Crippen LogP contribution is 2.23. The zero-order chi connectivity index (χ0) is 23.2. The molecule has 1 aromatic heterocycles. The van der Waals surface area contributed by atoms with Crippen LogP contribution < -0.4 is 10.7 Å². The van der Waals surface area contributed by atoms with Gasteiger partial charge in [-0.25, -0.2) is 10.1 Å². The number of carbonyl (C=O) groups excluding carboxylic acids is 2. The van der Waals surface area contributed by atoms with Crippen LogP contribution in [0, 0.1) is 6.92 Å². The van der Waals surface area contributed by atoms with Gasteiger partial charge in [-0.2, -0.15) is 10.2 Å². The van der Waals surface area contributed by atoms with Crippen LogP contribution in [-0.4, -0.2) is 27.8 Å². The summed E-state index contributed by atoms with van der Waals surface area (Å²) >= 11 is 6.06. The standard InChI is InChI=1S/C25H20ClN5O2/c1-17-21(26)13-8-14-22(17)28-24(32)25(33)29-27-15-19-16-31(20-11-6-3-7-12-20)30-23(19)18-9-4-2-5-10-18/h2-16H,1H3,(H,28,32)(H,29,33)/b27-15-. The summed E-state index contributed by atoms with van der Waals surface area (Å²) < 4.78 is 1.74. The molecule has 0 unspecified atom stereocenters. The monoisotopic (exact) mass is 457 g/mol. The molecule has 0 aliphatic heterocycles. The Morgan fingerprint density at radius 2 is 1.64 bits per heavy atom. The van der Waals surface area contributed by atoms with E-state index in [0.717, 1.165) is 11.3 Å². The zero-order valence-corrected chi connectivity index (χ0v) is 18.5. The summed E-state index contributed by atoms with van der Waals surface area (Å²) in [5.41, 5.74) is 6.54. The van der Waals surface area contributed by atoms with Crippen LogP contribution in [0.5, 0.6) is 0 Å². The van der Waals surface area contributed by atoms with Crippen LogP contribution in [0.3, 0.4) is 0 Å². The number of halogens is 1. The first kappa shape index (κ1) is 22.0. The quantitative estimate of drug-likeness (QED) is 0.261. The first-order chi connectivity index (χ1) is 16.0. The topological polar surface area (TPSA) is 88.4 Å². The Bertz CT molecular complexity index is 1320. The first-order valence-electron chi connectivity index (χ1n) is 10.1. The summed E-state index contributed by atoms with van der Waals surface area (Å²) in [5, 5.41) is 11.7. The van der Waals surface area contributed by atoms with Gasteiger partial charge in [0.05, 0.1) is 11.9 Å². The summed E-state index contributed by atoms with van der Waals surface area (Å²) in [4.78, 5) is 24.5. The molecule has 0 aliphatic carbocycles. The van der Waals surface area contributed by atoms with E-state index in [0.29, 0.717) is 27.5 Å². The highest BCUT2D eigenvalue weighted by molar-refractivity contribution is 6.40. The lowest BCUT2D eigenvalue weighted by Crippen LogP contribution is -2.32. The number of para-hydroxylation sites is 1. The third-order valence-corrected chi connectivity index (χ3v) is 5.31. The lowest BCUT2D eigenvalue weighted by Gasteiger charge is -2.08. The van der Waals surface area contributed by atoms with Crippen LogP contribution in [0.25, 0.3) is 16.9 Å². The van der Waals surface area contributed by atoms with E-state index >= 15 is 0 Å². The van der Waals surface area contributed by atoms with Crippen molar-refractivity contribution in [3.8, 4) is 16.9 Å². The predicted octanol–water partition coefficient (Wildman–Crippen LogP) is 4.59. The molecule has 0 fully saturated rings. The van der Waals surface area contributed by atoms with Crippen molar-refractivity contribution in [3.05, 3.63) is 101 Å². The van der Waals surface area contributed by atoms with Gasteiger partial charge in [0.15, 0.2) is 0 Å². The van der Waals surface area contributed by atoms with Gasteiger partial charge < -0.3 is 5.32 Å². The molecule has 0 atom stereocenters. The Kier molecular flexibility index (Phi) is 6.61. The lowest BCUT2D eigenvalue weighted by atomic mass is 10.1. The molecule has 3 aromatic carbocycles. The molecule has 0 radical (unpaired) electrons. The van der Waals surface area contributed by atoms with Crippen molar-refractivity contribution in [3.63, 3.8) is 0 Å². The number of amides is 2. The van der Waals surface area contributed by atoms with Gasteiger partial charge in [-0.3, -0.25) is 9.59 Å². The molecular formula is C25H20ClN5O2. The molecule has 0 saturated carbocycles. The summed E-state index contributed by atoms with van der Waals surface area (Å²) in [7, 11) is 0. The molecule has 164 valence electrons. The van der Waals surface area contributed by atoms with Gasteiger partial charge >= 0.3 is 11.8 Å². The van der Waals surface area contributed by atoms with Crippen LogP contribution in [0.4, 0.5) is 5.69 Å².